The van der Waals surface area contributed by atoms with E-state index in [4.69, 9.17) is 19.2 Å². The average molecular weight is 458 g/mol. The van der Waals surface area contributed by atoms with Gasteiger partial charge in [0, 0.05) is 13.1 Å². The van der Waals surface area contributed by atoms with Crippen molar-refractivity contribution >= 4 is 24.6 Å². The Kier molecular flexibility index (Phi) is 6.51. The highest BCUT2D eigenvalue weighted by Gasteiger charge is 2.52. The fourth-order valence-electron chi connectivity index (χ4n) is 3.56. The molecule has 2 aliphatic rings. The van der Waals surface area contributed by atoms with Crippen molar-refractivity contribution in [1.82, 2.24) is 10.2 Å². The van der Waals surface area contributed by atoms with Crippen LogP contribution < -0.4 is 10.8 Å². The minimum absolute atomic E-state index is 0.205. The number of amides is 2. The van der Waals surface area contributed by atoms with Gasteiger partial charge in [-0.05, 0) is 38.7 Å². The molecule has 0 spiro atoms. The van der Waals surface area contributed by atoms with E-state index in [0.717, 1.165) is 0 Å². The Morgan fingerprint density at radius 3 is 2.22 bits per heavy atom. The molecule has 0 aromatic heterocycles. The van der Waals surface area contributed by atoms with Crippen LogP contribution in [0.4, 0.5) is 18.0 Å². The summed E-state index contributed by atoms with van der Waals surface area (Å²) in [5.74, 6) is -2.00. The fourth-order valence-corrected chi connectivity index (χ4v) is 3.56. The van der Waals surface area contributed by atoms with E-state index in [1.165, 1.54) is 0 Å². The zero-order valence-corrected chi connectivity index (χ0v) is 18.2. The van der Waals surface area contributed by atoms with E-state index < -0.39 is 55.2 Å². The molecule has 2 aliphatic heterocycles. The van der Waals surface area contributed by atoms with Gasteiger partial charge in [-0.25, -0.2) is 4.79 Å². The van der Waals surface area contributed by atoms with Crippen LogP contribution in [0.25, 0.3) is 0 Å². The first-order chi connectivity index (χ1) is 14.7. The molecule has 0 radical (unpaired) electrons. The summed E-state index contributed by atoms with van der Waals surface area (Å²) in [5, 5.41) is 10.8. The SMILES string of the molecule is CC1(C)OB(c2ccc(C3CO[C@@H](CNC(=O)O)CN3C(=O)C(F)(F)F)cc2)OC1(C)C. The highest BCUT2D eigenvalue weighted by atomic mass is 19.4. The number of halogens is 3. The fraction of sp³-hybridized carbons (Fsp3) is 0.600. The van der Waals surface area contributed by atoms with Crippen LogP contribution in [0.1, 0.15) is 39.3 Å². The van der Waals surface area contributed by atoms with Crippen molar-refractivity contribution in [3.63, 3.8) is 0 Å². The molecule has 0 aliphatic carbocycles. The van der Waals surface area contributed by atoms with Crippen LogP contribution in [0.15, 0.2) is 24.3 Å². The molecule has 0 saturated carbocycles. The Bertz CT molecular complexity index is 846. The second-order valence-electron chi connectivity index (χ2n) is 8.87. The van der Waals surface area contributed by atoms with E-state index in [1.54, 1.807) is 24.3 Å². The van der Waals surface area contributed by atoms with Crippen LogP contribution in [0, 0.1) is 0 Å². The molecule has 2 fully saturated rings. The Balaban J connectivity index is 1.79. The number of hydrogen-bond acceptors (Lipinski definition) is 5. The first kappa shape index (κ1) is 24.3. The predicted octanol–water partition coefficient (Wildman–Crippen LogP) is 2.08. The Morgan fingerprint density at radius 2 is 1.72 bits per heavy atom. The van der Waals surface area contributed by atoms with E-state index in [-0.39, 0.29) is 13.2 Å². The molecule has 8 nitrogen and oxygen atoms in total. The highest BCUT2D eigenvalue weighted by Crippen LogP contribution is 2.37. The van der Waals surface area contributed by atoms with Crippen molar-refractivity contribution < 1.29 is 41.9 Å². The summed E-state index contributed by atoms with van der Waals surface area (Å²) in [6.45, 7) is 6.82. The minimum atomic E-state index is -5.07. The topological polar surface area (TPSA) is 97.3 Å². The van der Waals surface area contributed by atoms with Crippen LogP contribution in [-0.4, -0.2) is 72.3 Å². The molecule has 12 heteroatoms. The molecule has 1 aromatic carbocycles. The third kappa shape index (κ3) is 5.02. The normalized spacial score (nSPS) is 25.0. The minimum Gasteiger partial charge on any atom is -0.465 e. The lowest BCUT2D eigenvalue weighted by Gasteiger charge is -2.40. The summed E-state index contributed by atoms with van der Waals surface area (Å²) in [4.78, 5) is 23.4. The molecule has 2 atom stereocenters. The van der Waals surface area contributed by atoms with E-state index in [1.807, 2.05) is 27.7 Å². The molecule has 2 N–H and O–H groups in total. The van der Waals surface area contributed by atoms with E-state index in [0.29, 0.717) is 15.9 Å². The third-order valence-corrected chi connectivity index (χ3v) is 6.10. The van der Waals surface area contributed by atoms with Gasteiger partial charge in [0.25, 0.3) is 0 Å². The zero-order valence-electron chi connectivity index (χ0n) is 18.2. The summed E-state index contributed by atoms with van der Waals surface area (Å²) in [7, 11) is -0.629. The average Bonchev–Trinajstić information content (AvgIpc) is 2.92. The van der Waals surface area contributed by atoms with E-state index >= 15 is 0 Å². The first-order valence-electron chi connectivity index (χ1n) is 10.1. The highest BCUT2D eigenvalue weighted by molar-refractivity contribution is 6.62. The number of ether oxygens (including phenoxy) is 1. The van der Waals surface area contributed by atoms with E-state index in [9.17, 15) is 22.8 Å². The monoisotopic (exact) mass is 458 g/mol. The molecule has 1 unspecified atom stereocenters. The number of nitrogens with zero attached hydrogens (tertiary/aromatic N) is 1. The smallest absolute Gasteiger partial charge is 0.465 e. The van der Waals surface area contributed by atoms with Gasteiger partial charge in [0.2, 0.25) is 0 Å². The van der Waals surface area contributed by atoms with Crippen molar-refractivity contribution in [3.05, 3.63) is 29.8 Å². The molecule has 176 valence electrons. The number of carbonyl (C=O) groups excluding carboxylic acids is 1. The number of morpholine rings is 1. The van der Waals surface area contributed by atoms with Gasteiger partial charge in [-0.3, -0.25) is 4.79 Å². The number of hydrogen-bond donors (Lipinski definition) is 2. The van der Waals surface area contributed by atoms with Gasteiger partial charge in [0.15, 0.2) is 0 Å². The zero-order chi connectivity index (χ0) is 23.9. The second kappa shape index (κ2) is 8.56. The maximum Gasteiger partial charge on any atom is 0.494 e. The van der Waals surface area contributed by atoms with Gasteiger partial charge in [-0.1, -0.05) is 24.3 Å². The number of alkyl halides is 3. The Hall–Kier alpha value is -2.31. The van der Waals surface area contributed by atoms with Gasteiger partial charge in [0.1, 0.15) is 0 Å². The van der Waals surface area contributed by atoms with Crippen molar-refractivity contribution in [2.24, 2.45) is 0 Å². The van der Waals surface area contributed by atoms with Crippen molar-refractivity contribution in [2.45, 2.75) is 57.2 Å². The van der Waals surface area contributed by atoms with Gasteiger partial charge in [-0.2, -0.15) is 13.2 Å². The lowest BCUT2D eigenvalue weighted by molar-refractivity contribution is -0.196. The second-order valence-corrected chi connectivity index (χ2v) is 8.87. The molecular weight excluding hydrogens is 432 g/mol. The van der Waals surface area contributed by atoms with E-state index in [2.05, 4.69) is 5.32 Å². The van der Waals surface area contributed by atoms with Crippen LogP contribution in [0.5, 0.6) is 0 Å². The third-order valence-electron chi connectivity index (χ3n) is 6.10. The van der Waals surface area contributed by atoms with Gasteiger partial charge in [-0.15, -0.1) is 0 Å². The Labute approximate surface area is 184 Å². The van der Waals surface area contributed by atoms with Crippen molar-refractivity contribution in [1.29, 1.82) is 0 Å². The summed E-state index contributed by atoms with van der Waals surface area (Å²) >= 11 is 0. The lowest BCUT2D eigenvalue weighted by atomic mass is 9.78. The maximum atomic E-state index is 13.2. The number of rotatable bonds is 4. The largest absolute Gasteiger partial charge is 0.494 e. The van der Waals surface area contributed by atoms with Crippen LogP contribution >= 0.6 is 0 Å². The molecule has 2 amide bonds. The van der Waals surface area contributed by atoms with Gasteiger partial charge < -0.3 is 29.4 Å². The molecule has 1 aromatic rings. The first-order valence-corrected chi connectivity index (χ1v) is 10.1. The quantitative estimate of drug-likeness (QED) is 0.671. The van der Waals surface area contributed by atoms with Crippen molar-refractivity contribution in [3.8, 4) is 0 Å². The van der Waals surface area contributed by atoms with Crippen LogP contribution in [0.2, 0.25) is 0 Å². The molecule has 2 saturated heterocycles. The molecule has 2 heterocycles. The van der Waals surface area contributed by atoms with Crippen molar-refractivity contribution in [2.75, 3.05) is 19.7 Å². The van der Waals surface area contributed by atoms with Crippen LogP contribution in [0.3, 0.4) is 0 Å². The van der Waals surface area contributed by atoms with Gasteiger partial charge in [0.05, 0.1) is 30.0 Å². The lowest BCUT2D eigenvalue weighted by Crippen LogP contribution is -2.54. The maximum absolute atomic E-state index is 13.2. The standard InChI is InChI=1S/C20H26BF3N2O6/c1-18(2)19(3,4)32-21(31-18)13-7-5-12(6-8-13)15-11-30-14(9-25-17(28)29)10-26(15)16(27)20(22,23)24/h5-8,14-15,25H,9-11H2,1-4H3,(H,28,29)/t14-,15?/m0/s1. The van der Waals surface area contributed by atoms with Gasteiger partial charge >= 0.3 is 25.3 Å². The molecular formula is C20H26BF3N2O6. The number of carboxylic acid groups (broad SMARTS) is 1. The Morgan fingerprint density at radius 1 is 1.16 bits per heavy atom. The summed E-state index contributed by atoms with van der Waals surface area (Å²) < 4.78 is 57.1. The number of benzene rings is 1. The van der Waals surface area contributed by atoms with Crippen LogP contribution in [-0.2, 0) is 18.8 Å². The molecule has 32 heavy (non-hydrogen) atoms. The molecule has 0 bridgehead atoms. The molecule has 3 rings (SSSR count). The predicted molar refractivity (Wildman–Crippen MR) is 108 cm³/mol. The summed E-state index contributed by atoms with van der Waals surface area (Å²) in [5.41, 5.74) is 0.0687. The summed E-state index contributed by atoms with van der Waals surface area (Å²) in [6, 6.07) is 5.62. The number of nitrogens with one attached hydrogen (secondary N) is 1. The summed E-state index contributed by atoms with van der Waals surface area (Å²) in [6.07, 6.45) is -7.29. The number of carbonyl (C=O) groups is 2.